The Hall–Kier alpha value is 0.430. The maximum Gasteiger partial charge on any atom is 0.322 e. The van der Waals surface area contributed by atoms with E-state index in [1.807, 2.05) is 6.92 Å². The first-order valence-corrected chi connectivity index (χ1v) is 11.5. The fourth-order valence-corrected chi connectivity index (χ4v) is 3.34. The van der Waals surface area contributed by atoms with Gasteiger partial charge in [-0.05, 0) is 26.7 Å². The zero-order valence-electron chi connectivity index (χ0n) is 19.1. The minimum atomic E-state index is -0.511. The number of carbonyl (C=O) groups is 1. The monoisotopic (exact) mass is 392 g/mol. The van der Waals surface area contributed by atoms with Crippen LogP contribution in [0, 0.1) is 0 Å². The molecule has 0 aliphatic carbocycles. The summed E-state index contributed by atoms with van der Waals surface area (Å²) in [5.74, 6) is -0.283. The molecule has 0 saturated carbocycles. The van der Waals surface area contributed by atoms with Crippen LogP contribution in [0.2, 0.25) is 0 Å². The quantitative estimate of drug-likeness (QED) is 0.154. The maximum absolute atomic E-state index is 11.4. The smallest absolute Gasteiger partial charge is 0.322 e. The van der Waals surface area contributed by atoms with Crippen molar-refractivity contribution in [2.75, 3.05) is 0 Å². The van der Waals surface area contributed by atoms with E-state index < -0.39 is 6.04 Å². The van der Waals surface area contributed by atoms with Gasteiger partial charge >= 0.3 is 5.97 Å². The van der Waals surface area contributed by atoms with Crippen molar-refractivity contribution in [1.29, 1.82) is 0 Å². The first kappa shape index (κ1) is 29.6. The Morgan fingerprint density at radius 1 is 0.704 bits per heavy atom. The van der Waals surface area contributed by atoms with E-state index in [1.54, 1.807) is 6.92 Å². The third-order valence-electron chi connectivity index (χ3n) is 5.15. The molecule has 0 aromatic rings. The van der Waals surface area contributed by atoms with Gasteiger partial charge in [0.1, 0.15) is 6.04 Å². The minimum Gasteiger partial charge on any atom is -0.462 e. The largest absolute Gasteiger partial charge is 0.462 e. The van der Waals surface area contributed by atoms with Crippen molar-refractivity contribution in [1.82, 2.24) is 0 Å². The molecule has 157 valence electrons. The maximum atomic E-state index is 11.4. The first-order valence-electron chi connectivity index (χ1n) is 11.5. The molecule has 0 fully saturated rings. The van der Waals surface area contributed by atoms with Crippen molar-refractivity contribution in [3.8, 4) is 0 Å². The SMILES string of the molecule is CCCCCCCCCCCCCCCCCCC(C)OC(=O)C(C)N.[Na]. The second-order valence-electron chi connectivity index (χ2n) is 8.13. The van der Waals surface area contributed by atoms with E-state index >= 15 is 0 Å². The molecule has 0 aliphatic heterocycles. The number of rotatable bonds is 19. The summed E-state index contributed by atoms with van der Waals surface area (Å²) in [5, 5.41) is 0. The van der Waals surface area contributed by atoms with E-state index in [-0.39, 0.29) is 41.6 Å². The van der Waals surface area contributed by atoms with Gasteiger partial charge in [-0.1, -0.05) is 103 Å². The van der Waals surface area contributed by atoms with Crippen LogP contribution < -0.4 is 5.73 Å². The van der Waals surface area contributed by atoms with Gasteiger partial charge in [-0.25, -0.2) is 0 Å². The van der Waals surface area contributed by atoms with Crippen LogP contribution in [0.4, 0.5) is 0 Å². The first-order chi connectivity index (χ1) is 12.6. The van der Waals surface area contributed by atoms with Crippen LogP contribution in [-0.4, -0.2) is 47.7 Å². The number of hydrogen-bond acceptors (Lipinski definition) is 3. The molecule has 0 saturated heterocycles. The van der Waals surface area contributed by atoms with Crippen molar-refractivity contribution in [2.45, 2.75) is 142 Å². The van der Waals surface area contributed by atoms with Crippen molar-refractivity contribution >= 4 is 35.5 Å². The number of ether oxygens (including phenoxy) is 1. The molecule has 0 heterocycles. The molecule has 0 aromatic heterocycles. The van der Waals surface area contributed by atoms with Gasteiger partial charge in [-0.15, -0.1) is 0 Å². The fourth-order valence-electron chi connectivity index (χ4n) is 3.34. The zero-order valence-corrected chi connectivity index (χ0v) is 21.1. The summed E-state index contributed by atoms with van der Waals surface area (Å²) < 4.78 is 5.27. The van der Waals surface area contributed by atoms with Crippen molar-refractivity contribution in [3.05, 3.63) is 0 Å². The Kier molecular flexibility index (Phi) is 24.9. The summed E-state index contributed by atoms with van der Waals surface area (Å²) in [6.45, 7) is 5.92. The van der Waals surface area contributed by atoms with Crippen molar-refractivity contribution in [3.63, 3.8) is 0 Å². The predicted octanol–water partition coefficient (Wildman–Crippen LogP) is 6.54. The second kappa shape index (κ2) is 22.7. The van der Waals surface area contributed by atoms with Crippen molar-refractivity contribution < 1.29 is 9.53 Å². The van der Waals surface area contributed by atoms with Gasteiger partial charge in [-0.2, -0.15) is 0 Å². The van der Waals surface area contributed by atoms with Crippen LogP contribution in [0.5, 0.6) is 0 Å². The van der Waals surface area contributed by atoms with E-state index in [1.165, 1.54) is 96.3 Å². The summed E-state index contributed by atoms with van der Waals surface area (Å²) in [6, 6.07) is -0.511. The molecule has 1 radical (unpaired) electrons. The molecule has 0 spiro atoms. The Labute approximate surface area is 192 Å². The molecule has 0 aliphatic rings. The molecule has 2 unspecified atom stereocenters. The third-order valence-corrected chi connectivity index (χ3v) is 5.15. The van der Waals surface area contributed by atoms with Gasteiger partial charge in [0.25, 0.3) is 0 Å². The molecule has 0 aromatic carbocycles. The number of hydrogen-bond donors (Lipinski definition) is 1. The molecule has 27 heavy (non-hydrogen) atoms. The molecule has 3 nitrogen and oxygen atoms in total. The summed E-state index contributed by atoms with van der Waals surface area (Å²) in [5.41, 5.74) is 5.50. The number of carbonyl (C=O) groups excluding carboxylic acids is 1. The molecule has 0 amide bonds. The molecule has 0 bridgehead atoms. The Morgan fingerprint density at radius 3 is 1.37 bits per heavy atom. The normalized spacial score (nSPS) is 13.0. The summed E-state index contributed by atoms with van der Waals surface area (Å²) >= 11 is 0. The fraction of sp³-hybridized carbons (Fsp3) is 0.957. The standard InChI is InChI=1S/C23H47NO2.Na/c1-4-5-6-7-8-9-10-11-12-13-14-15-16-17-18-19-20-21(2)26-23(25)22(3)24;/h21-22H,4-20,24H2,1-3H3;. The summed E-state index contributed by atoms with van der Waals surface area (Å²) in [6.07, 6.45) is 23.1. The van der Waals surface area contributed by atoms with E-state index in [9.17, 15) is 4.79 Å². The van der Waals surface area contributed by atoms with Gasteiger partial charge in [-0.3, -0.25) is 4.79 Å². The van der Waals surface area contributed by atoms with E-state index in [0.29, 0.717) is 0 Å². The van der Waals surface area contributed by atoms with E-state index in [4.69, 9.17) is 10.5 Å². The van der Waals surface area contributed by atoms with Crippen LogP contribution in [0.15, 0.2) is 0 Å². The Balaban J connectivity index is 0. The molecule has 0 rings (SSSR count). The number of unbranched alkanes of at least 4 members (excludes halogenated alkanes) is 15. The molecular weight excluding hydrogens is 345 g/mol. The topological polar surface area (TPSA) is 52.3 Å². The molecule has 2 atom stereocenters. The summed E-state index contributed by atoms with van der Waals surface area (Å²) in [7, 11) is 0. The van der Waals surface area contributed by atoms with Gasteiger partial charge in [0.05, 0.1) is 6.10 Å². The van der Waals surface area contributed by atoms with Crippen LogP contribution >= 0.6 is 0 Å². The Bertz CT molecular complexity index is 311. The molecule has 4 heteroatoms. The van der Waals surface area contributed by atoms with Gasteiger partial charge in [0.15, 0.2) is 0 Å². The van der Waals surface area contributed by atoms with Crippen LogP contribution in [0.1, 0.15) is 130 Å². The predicted molar refractivity (Wildman–Crippen MR) is 119 cm³/mol. The van der Waals surface area contributed by atoms with Gasteiger partial charge in [0.2, 0.25) is 0 Å². The van der Waals surface area contributed by atoms with Gasteiger partial charge in [0, 0.05) is 29.6 Å². The van der Waals surface area contributed by atoms with Crippen molar-refractivity contribution in [2.24, 2.45) is 5.73 Å². The van der Waals surface area contributed by atoms with Gasteiger partial charge < -0.3 is 10.5 Å². The Morgan fingerprint density at radius 2 is 1.04 bits per heavy atom. The van der Waals surface area contributed by atoms with Crippen LogP contribution in [0.3, 0.4) is 0 Å². The summed E-state index contributed by atoms with van der Waals surface area (Å²) in [4.78, 5) is 11.4. The molecular formula is C23H47NNaO2. The third kappa shape index (κ3) is 22.6. The average Bonchev–Trinajstić information content (AvgIpc) is 2.61. The zero-order chi connectivity index (χ0) is 19.5. The number of esters is 1. The minimum absolute atomic E-state index is 0. The van der Waals surface area contributed by atoms with E-state index in [2.05, 4.69) is 6.92 Å². The van der Waals surface area contributed by atoms with Crippen LogP contribution in [-0.2, 0) is 9.53 Å². The number of nitrogens with two attached hydrogens (primary N) is 1. The average molecular weight is 393 g/mol. The molecule has 2 N–H and O–H groups in total. The van der Waals surface area contributed by atoms with E-state index in [0.717, 1.165) is 12.8 Å². The second-order valence-corrected chi connectivity index (χ2v) is 8.13. The van der Waals surface area contributed by atoms with Crippen LogP contribution in [0.25, 0.3) is 0 Å².